The predicted octanol–water partition coefficient (Wildman–Crippen LogP) is 3.12. The zero-order valence-corrected chi connectivity index (χ0v) is 10.9. The molecule has 1 heterocycles. The Morgan fingerprint density at radius 3 is 2.44 bits per heavy atom. The number of hydrogen-bond acceptors (Lipinski definition) is 3. The molecule has 16 heavy (non-hydrogen) atoms. The van der Waals surface area contributed by atoms with Crippen LogP contribution in [0, 0.1) is 6.92 Å². The summed E-state index contributed by atoms with van der Waals surface area (Å²) in [4.78, 5) is 9.15. The molecule has 3 nitrogen and oxygen atoms in total. The Morgan fingerprint density at radius 2 is 1.88 bits per heavy atom. The Hall–Kier alpha value is -1.12. The third kappa shape index (κ3) is 3.19. The van der Waals surface area contributed by atoms with Crippen LogP contribution in [0.5, 0.6) is 0 Å². The maximum absolute atomic E-state index is 4.62. The fourth-order valence-electron chi connectivity index (χ4n) is 1.70. The van der Waals surface area contributed by atoms with Crippen LogP contribution in [0.25, 0.3) is 0 Å². The van der Waals surface area contributed by atoms with Gasteiger partial charge >= 0.3 is 0 Å². The van der Waals surface area contributed by atoms with Gasteiger partial charge in [-0.25, -0.2) is 9.97 Å². The predicted molar refractivity (Wildman–Crippen MR) is 68.9 cm³/mol. The number of aromatic nitrogens is 2. The number of unbranched alkanes of at least 4 members (excludes halogenated alkanes) is 1. The van der Waals surface area contributed by atoms with Gasteiger partial charge in [-0.3, -0.25) is 0 Å². The van der Waals surface area contributed by atoms with Gasteiger partial charge in [-0.05, 0) is 26.7 Å². The molecule has 0 saturated carbocycles. The van der Waals surface area contributed by atoms with E-state index >= 15 is 0 Å². The fourth-order valence-corrected chi connectivity index (χ4v) is 1.70. The van der Waals surface area contributed by atoms with Crippen molar-refractivity contribution in [1.82, 2.24) is 9.97 Å². The quantitative estimate of drug-likeness (QED) is 0.802. The largest absolute Gasteiger partial charge is 0.370 e. The van der Waals surface area contributed by atoms with Crippen molar-refractivity contribution in [1.29, 1.82) is 0 Å². The second kappa shape index (κ2) is 6.46. The summed E-state index contributed by atoms with van der Waals surface area (Å²) in [5.41, 5.74) is 2.43. The highest BCUT2D eigenvalue weighted by atomic mass is 15.0. The van der Waals surface area contributed by atoms with Gasteiger partial charge in [0.05, 0.1) is 0 Å². The average molecular weight is 221 g/mol. The van der Waals surface area contributed by atoms with Crippen molar-refractivity contribution in [3.05, 3.63) is 17.1 Å². The second-order valence-electron chi connectivity index (χ2n) is 4.05. The van der Waals surface area contributed by atoms with Crippen LogP contribution in [-0.4, -0.2) is 16.5 Å². The van der Waals surface area contributed by atoms with E-state index in [-0.39, 0.29) is 0 Å². The van der Waals surface area contributed by atoms with Crippen LogP contribution in [0.1, 0.15) is 50.7 Å². The van der Waals surface area contributed by atoms with Crippen molar-refractivity contribution >= 4 is 5.82 Å². The minimum Gasteiger partial charge on any atom is -0.370 e. The Morgan fingerprint density at radius 1 is 1.12 bits per heavy atom. The molecule has 0 unspecified atom stereocenters. The van der Waals surface area contributed by atoms with Crippen molar-refractivity contribution in [2.24, 2.45) is 0 Å². The van der Waals surface area contributed by atoms with Gasteiger partial charge in [0.25, 0.3) is 0 Å². The Balaban J connectivity index is 2.99. The normalized spacial score (nSPS) is 10.5. The number of nitrogens with zero attached hydrogens (tertiary/aromatic N) is 2. The highest BCUT2D eigenvalue weighted by molar-refractivity contribution is 5.45. The molecule has 0 bridgehead atoms. The van der Waals surface area contributed by atoms with Crippen molar-refractivity contribution in [2.45, 2.75) is 53.4 Å². The molecule has 0 spiro atoms. The molecule has 0 aliphatic heterocycles. The summed E-state index contributed by atoms with van der Waals surface area (Å²) >= 11 is 0. The lowest BCUT2D eigenvalue weighted by Crippen LogP contribution is -2.09. The molecule has 0 radical (unpaired) electrons. The summed E-state index contributed by atoms with van der Waals surface area (Å²) in [6.45, 7) is 9.43. The second-order valence-corrected chi connectivity index (χ2v) is 4.05. The lowest BCUT2D eigenvalue weighted by atomic mass is 10.1. The number of nitrogens with one attached hydrogen (secondary N) is 1. The molecule has 1 N–H and O–H groups in total. The van der Waals surface area contributed by atoms with Gasteiger partial charge in [-0.15, -0.1) is 0 Å². The van der Waals surface area contributed by atoms with E-state index in [0.717, 1.165) is 31.0 Å². The first-order chi connectivity index (χ1) is 7.72. The van der Waals surface area contributed by atoms with Gasteiger partial charge in [0.2, 0.25) is 0 Å². The topological polar surface area (TPSA) is 37.8 Å². The Kier molecular flexibility index (Phi) is 5.23. The lowest BCUT2D eigenvalue weighted by molar-refractivity contribution is 0.755. The van der Waals surface area contributed by atoms with E-state index in [1.807, 2.05) is 0 Å². The van der Waals surface area contributed by atoms with Crippen molar-refractivity contribution < 1.29 is 0 Å². The van der Waals surface area contributed by atoms with Crippen LogP contribution in [0.2, 0.25) is 0 Å². The first-order valence-electron chi connectivity index (χ1n) is 6.33. The van der Waals surface area contributed by atoms with Gasteiger partial charge < -0.3 is 5.32 Å². The van der Waals surface area contributed by atoms with Gasteiger partial charge in [0.15, 0.2) is 0 Å². The van der Waals surface area contributed by atoms with E-state index < -0.39 is 0 Å². The maximum atomic E-state index is 4.62. The van der Waals surface area contributed by atoms with Crippen molar-refractivity contribution in [2.75, 3.05) is 11.9 Å². The van der Waals surface area contributed by atoms with Gasteiger partial charge in [-0.1, -0.05) is 20.3 Å². The molecule has 0 amide bonds. The number of anilines is 1. The van der Waals surface area contributed by atoms with E-state index in [4.69, 9.17) is 0 Å². The SMILES string of the molecule is CCCCc1nc(CC)nc(NCC)c1C. The first-order valence-corrected chi connectivity index (χ1v) is 6.33. The Labute approximate surface area is 98.7 Å². The molecule has 1 aromatic rings. The third-order valence-corrected chi connectivity index (χ3v) is 2.72. The standard InChI is InChI=1S/C13H23N3/c1-5-8-9-11-10(4)13(14-7-3)16-12(6-2)15-11/h5-9H2,1-4H3,(H,14,15,16). The molecule has 0 fully saturated rings. The van der Waals surface area contributed by atoms with E-state index in [0.29, 0.717) is 0 Å². The van der Waals surface area contributed by atoms with Crippen LogP contribution >= 0.6 is 0 Å². The van der Waals surface area contributed by atoms with E-state index in [2.05, 4.69) is 43.0 Å². The minimum atomic E-state index is 0.901. The van der Waals surface area contributed by atoms with Crippen LogP contribution in [0.3, 0.4) is 0 Å². The summed E-state index contributed by atoms with van der Waals surface area (Å²) in [6, 6.07) is 0. The maximum Gasteiger partial charge on any atom is 0.132 e. The number of rotatable bonds is 6. The highest BCUT2D eigenvalue weighted by Crippen LogP contribution is 2.17. The lowest BCUT2D eigenvalue weighted by Gasteiger charge is -2.12. The molecule has 0 aliphatic rings. The molecule has 1 aromatic heterocycles. The minimum absolute atomic E-state index is 0.901. The molecule has 90 valence electrons. The summed E-state index contributed by atoms with van der Waals surface area (Å²) in [7, 11) is 0. The van der Waals surface area contributed by atoms with Crippen LogP contribution < -0.4 is 5.32 Å². The molecular formula is C13H23N3. The molecule has 3 heteroatoms. The molecule has 0 atom stereocenters. The monoisotopic (exact) mass is 221 g/mol. The molecule has 0 saturated heterocycles. The van der Waals surface area contributed by atoms with Crippen molar-refractivity contribution in [3.8, 4) is 0 Å². The van der Waals surface area contributed by atoms with E-state index in [1.165, 1.54) is 24.1 Å². The fraction of sp³-hybridized carbons (Fsp3) is 0.692. The van der Waals surface area contributed by atoms with Crippen molar-refractivity contribution in [3.63, 3.8) is 0 Å². The van der Waals surface area contributed by atoms with Gasteiger partial charge in [0.1, 0.15) is 11.6 Å². The summed E-state index contributed by atoms with van der Waals surface area (Å²) in [5.74, 6) is 1.97. The summed E-state index contributed by atoms with van der Waals surface area (Å²) in [6.07, 6.45) is 4.38. The highest BCUT2D eigenvalue weighted by Gasteiger charge is 2.08. The molecular weight excluding hydrogens is 198 g/mol. The summed E-state index contributed by atoms with van der Waals surface area (Å²) < 4.78 is 0. The molecule has 0 aromatic carbocycles. The Bertz CT molecular complexity index is 334. The van der Waals surface area contributed by atoms with Gasteiger partial charge in [0, 0.05) is 24.2 Å². The van der Waals surface area contributed by atoms with E-state index in [1.54, 1.807) is 0 Å². The molecule has 0 aliphatic carbocycles. The van der Waals surface area contributed by atoms with Gasteiger partial charge in [-0.2, -0.15) is 0 Å². The molecule has 1 rings (SSSR count). The van der Waals surface area contributed by atoms with Crippen LogP contribution in [0.4, 0.5) is 5.82 Å². The third-order valence-electron chi connectivity index (χ3n) is 2.72. The van der Waals surface area contributed by atoms with Crippen LogP contribution in [0.15, 0.2) is 0 Å². The summed E-state index contributed by atoms with van der Waals surface area (Å²) in [5, 5.41) is 3.32. The smallest absolute Gasteiger partial charge is 0.132 e. The number of aryl methyl sites for hydroxylation is 2. The number of hydrogen-bond donors (Lipinski definition) is 1. The zero-order chi connectivity index (χ0) is 12.0. The first kappa shape index (κ1) is 12.9. The average Bonchev–Trinajstić information content (AvgIpc) is 2.30. The van der Waals surface area contributed by atoms with E-state index in [9.17, 15) is 0 Å². The van der Waals surface area contributed by atoms with Crippen LogP contribution in [-0.2, 0) is 12.8 Å². The zero-order valence-electron chi connectivity index (χ0n) is 10.9.